The number of nitrogens with zero attached hydrogens (tertiary/aromatic N) is 3. The molecule has 0 bridgehead atoms. The second-order valence-corrected chi connectivity index (χ2v) is 8.03. The van der Waals surface area contributed by atoms with E-state index in [4.69, 9.17) is 4.84 Å². The molecule has 0 saturated carbocycles. The van der Waals surface area contributed by atoms with E-state index < -0.39 is 30.2 Å². The monoisotopic (exact) mass is 454 g/mol. The fourth-order valence-electron chi connectivity index (χ4n) is 3.95. The first-order valence-electron chi connectivity index (χ1n) is 10.8. The number of benzene rings is 1. The van der Waals surface area contributed by atoms with Gasteiger partial charge in [-0.25, -0.2) is 4.98 Å². The molecule has 1 aromatic carbocycles. The third-order valence-corrected chi connectivity index (χ3v) is 5.68. The van der Waals surface area contributed by atoms with Gasteiger partial charge in [0.2, 0.25) is 5.91 Å². The van der Waals surface area contributed by atoms with Crippen LogP contribution in [0.1, 0.15) is 30.4 Å². The number of aromatic amines is 1. The minimum atomic E-state index is -1.18. The molecule has 2 unspecified atom stereocenters. The normalized spacial score (nSPS) is 18.0. The molecule has 0 spiro atoms. The Balaban J connectivity index is 1.31. The molecular formula is C22H26N6O5. The van der Waals surface area contributed by atoms with Gasteiger partial charge in [-0.2, -0.15) is 0 Å². The van der Waals surface area contributed by atoms with E-state index in [9.17, 15) is 19.5 Å². The number of aromatic nitrogens is 2. The molecule has 33 heavy (non-hydrogen) atoms. The highest BCUT2D eigenvalue weighted by molar-refractivity contribution is 6.39. The molecule has 2 aromatic rings. The van der Waals surface area contributed by atoms with Crippen LogP contribution in [0.5, 0.6) is 0 Å². The average molecular weight is 454 g/mol. The van der Waals surface area contributed by atoms with Gasteiger partial charge in [0.15, 0.2) is 5.95 Å². The third kappa shape index (κ3) is 5.68. The molecule has 1 aromatic heterocycles. The molecule has 11 nitrogen and oxygen atoms in total. The smallest absolute Gasteiger partial charge is 0.305 e. The van der Waals surface area contributed by atoms with Gasteiger partial charge in [-0.15, -0.1) is 0 Å². The Hall–Kier alpha value is -3.89. The van der Waals surface area contributed by atoms with Crippen molar-refractivity contribution in [1.82, 2.24) is 20.2 Å². The number of fused-ring (bicyclic) bond motifs is 1. The van der Waals surface area contributed by atoms with Crippen LogP contribution in [0, 0.1) is 0 Å². The number of nitrogens with one attached hydrogen (secondary N) is 3. The Bertz CT molecular complexity index is 1040. The van der Waals surface area contributed by atoms with Crippen molar-refractivity contribution in [2.24, 2.45) is 5.16 Å². The summed E-state index contributed by atoms with van der Waals surface area (Å²) in [7, 11) is 0. The molecule has 11 heteroatoms. The molecule has 0 radical (unpaired) electrons. The maximum Gasteiger partial charge on any atom is 0.305 e. The van der Waals surface area contributed by atoms with Crippen molar-refractivity contribution in [3.05, 3.63) is 47.8 Å². The summed E-state index contributed by atoms with van der Waals surface area (Å²) < 4.78 is 0. The number of carbonyl (C=O) groups excluding carboxylic acids is 2. The molecule has 4 rings (SSSR count). The minimum absolute atomic E-state index is 0.144. The fraction of sp³-hybridized carbons (Fsp3) is 0.409. The second-order valence-electron chi connectivity index (χ2n) is 8.03. The van der Waals surface area contributed by atoms with E-state index in [0.29, 0.717) is 38.4 Å². The zero-order valence-corrected chi connectivity index (χ0v) is 18.0. The maximum absolute atomic E-state index is 13.1. The average Bonchev–Trinajstić information content (AvgIpc) is 3.50. The van der Waals surface area contributed by atoms with Crippen LogP contribution in [0.4, 0.5) is 5.95 Å². The number of anilines is 1. The number of H-pyrrole nitrogens is 1. The Kier molecular flexibility index (Phi) is 6.86. The van der Waals surface area contributed by atoms with Crippen LogP contribution in [0.2, 0.25) is 0 Å². The maximum atomic E-state index is 13.1. The zero-order valence-electron chi connectivity index (χ0n) is 18.0. The van der Waals surface area contributed by atoms with Crippen LogP contribution in [0.3, 0.4) is 0 Å². The van der Waals surface area contributed by atoms with Crippen molar-refractivity contribution in [3.8, 4) is 0 Å². The van der Waals surface area contributed by atoms with Crippen molar-refractivity contribution in [1.29, 1.82) is 0 Å². The molecule has 174 valence electrons. The predicted octanol–water partition coefficient (Wildman–Crippen LogP) is 0.901. The quantitative estimate of drug-likeness (QED) is 0.440. The lowest BCUT2D eigenvalue weighted by Crippen LogP contribution is -2.52. The first-order chi connectivity index (χ1) is 16.0. The van der Waals surface area contributed by atoms with Gasteiger partial charge < -0.3 is 30.5 Å². The lowest BCUT2D eigenvalue weighted by Gasteiger charge is -2.31. The summed E-state index contributed by atoms with van der Waals surface area (Å²) in [6.07, 6.45) is 4.09. The fourth-order valence-corrected chi connectivity index (χ4v) is 3.95. The number of amides is 2. The standard InChI is InChI=1S/C22H26N6O5/c29-19(30)12-18(21(32)28-10-6-14-3-1-2-4-15(14)13-28)26-20(31)17-11-16(33-27-17)5-7-23-22-24-8-9-25-22/h1-4,8-9,16,18H,5-7,10-13H2,(H,26,31)(H,29,30)(H2,23,24,25). The second kappa shape index (κ2) is 10.2. The van der Waals surface area contributed by atoms with Crippen molar-refractivity contribution >= 4 is 29.4 Å². The molecule has 3 heterocycles. The van der Waals surface area contributed by atoms with Gasteiger partial charge in [0.1, 0.15) is 17.9 Å². The van der Waals surface area contributed by atoms with Gasteiger partial charge in [0, 0.05) is 44.9 Å². The van der Waals surface area contributed by atoms with Crippen LogP contribution < -0.4 is 10.6 Å². The number of carboxylic acids is 1. The van der Waals surface area contributed by atoms with E-state index >= 15 is 0 Å². The van der Waals surface area contributed by atoms with Gasteiger partial charge in [0.25, 0.3) is 5.91 Å². The highest BCUT2D eigenvalue weighted by atomic mass is 16.6. The van der Waals surface area contributed by atoms with Crippen LogP contribution in [-0.2, 0) is 32.2 Å². The molecule has 0 fully saturated rings. The summed E-state index contributed by atoms with van der Waals surface area (Å²) in [6.45, 7) is 1.42. The summed E-state index contributed by atoms with van der Waals surface area (Å²) in [5, 5.41) is 18.8. The Morgan fingerprint density at radius 2 is 2.09 bits per heavy atom. The minimum Gasteiger partial charge on any atom is -0.481 e. The van der Waals surface area contributed by atoms with Crippen LogP contribution in [-0.4, -0.2) is 68.7 Å². The molecule has 0 saturated heterocycles. The highest BCUT2D eigenvalue weighted by Gasteiger charge is 2.33. The SMILES string of the molecule is O=C(O)CC(NC(=O)C1=NOC(CCNc2ncc[nH]2)C1)C(=O)N1CCc2ccccc2C1. The van der Waals surface area contributed by atoms with E-state index in [0.717, 1.165) is 5.56 Å². The first-order valence-corrected chi connectivity index (χ1v) is 10.8. The van der Waals surface area contributed by atoms with Crippen LogP contribution in [0.25, 0.3) is 0 Å². The topological polar surface area (TPSA) is 149 Å². The van der Waals surface area contributed by atoms with Gasteiger partial charge in [-0.3, -0.25) is 14.4 Å². The third-order valence-electron chi connectivity index (χ3n) is 5.68. The summed E-state index contributed by atoms with van der Waals surface area (Å²) >= 11 is 0. The molecule has 2 atom stereocenters. The van der Waals surface area contributed by atoms with Gasteiger partial charge in [-0.1, -0.05) is 29.4 Å². The number of imidazole rings is 1. The Morgan fingerprint density at radius 1 is 1.27 bits per heavy atom. The van der Waals surface area contributed by atoms with Gasteiger partial charge in [0.05, 0.1) is 6.42 Å². The number of carboxylic acid groups (broad SMARTS) is 1. The predicted molar refractivity (Wildman–Crippen MR) is 118 cm³/mol. The molecule has 0 aliphatic carbocycles. The number of hydrogen-bond donors (Lipinski definition) is 4. The van der Waals surface area contributed by atoms with E-state index in [1.54, 1.807) is 17.3 Å². The molecular weight excluding hydrogens is 428 g/mol. The summed E-state index contributed by atoms with van der Waals surface area (Å²) in [5.41, 5.74) is 2.34. The van der Waals surface area contributed by atoms with E-state index in [1.165, 1.54) is 5.56 Å². The van der Waals surface area contributed by atoms with Crippen molar-refractivity contribution in [3.63, 3.8) is 0 Å². The van der Waals surface area contributed by atoms with Crippen LogP contribution in [0.15, 0.2) is 41.8 Å². The number of rotatable bonds is 9. The summed E-state index contributed by atoms with van der Waals surface area (Å²) in [5.74, 6) is -1.53. The molecule has 2 aliphatic rings. The van der Waals surface area contributed by atoms with Gasteiger partial charge >= 0.3 is 5.97 Å². The van der Waals surface area contributed by atoms with Gasteiger partial charge in [-0.05, 0) is 17.5 Å². The Morgan fingerprint density at radius 3 is 2.85 bits per heavy atom. The Labute approximate surface area is 190 Å². The lowest BCUT2D eigenvalue weighted by molar-refractivity contribution is -0.143. The van der Waals surface area contributed by atoms with Crippen molar-refractivity contribution in [2.45, 2.75) is 44.4 Å². The molecule has 2 aliphatic heterocycles. The highest BCUT2D eigenvalue weighted by Crippen LogP contribution is 2.20. The first kappa shape index (κ1) is 22.3. The lowest BCUT2D eigenvalue weighted by atomic mass is 9.99. The number of aliphatic carboxylic acids is 1. The van der Waals surface area contributed by atoms with E-state index in [1.807, 2.05) is 24.3 Å². The van der Waals surface area contributed by atoms with E-state index in [-0.39, 0.29) is 18.2 Å². The van der Waals surface area contributed by atoms with Crippen LogP contribution >= 0.6 is 0 Å². The largest absolute Gasteiger partial charge is 0.481 e. The van der Waals surface area contributed by atoms with Crippen molar-refractivity contribution in [2.75, 3.05) is 18.4 Å². The van der Waals surface area contributed by atoms with E-state index in [2.05, 4.69) is 25.8 Å². The molecule has 2 amide bonds. The zero-order chi connectivity index (χ0) is 23.2. The number of carbonyl (C=O) groups is 3. The number of hydrogen-bond acceptors (Lipinski definition) is 7. The summed E-state index contributed by atoms with van der Waals surface area (Å²) in [4.78, 5) is 51.1. The van der Waals surface area contributed by atoms with Crippen molar-refractivity contribution < 1.29 is 24.3 Å². The summed E-state index contributed by atoms with van der Waals surface area (Å²) in [6, 6.07) is 6.65. The number of oxime groups is 1. The molecule has 4 N–H and O–H groups in total.